The maximum Gasteiger partial charge on any atom is 0.270 e. The zero-order valence-corrected chi connectivity index (χ0v) is 15.9. The Balaban J connectivity index is 1.33. The molecule has 7 nitrogen and oxygen atoms in total. The number of imidazole rings is 1. The molecular weight excluding hydrogens is 366 g/mol. The molecule has 1 unspecified atom stereocenters. The van der Waals surface area contributed by atoms with Crippen LogP contribution >= 0.6 is 0 Å². The molecule has 2 aromatic carbocycles. The van der Waals surface area contributed by atoms with Gasteiger partial charge in [-0.05, 0) is 37.1 Å². The fourth-order valence-electron chi connectivity index (χ4n) is 4.09. The molecule has 29 heavy (non-hydrogen) atoms. The fourth-order valence-corrected chi connectivity index (χ4v) is 4.09. The molecule has 5 rings (SSSR count). The third-order valence-corrected chi connectivity index (χ3v) is 5.54. The summed E-state index contributed by atoms with van der Waals surface area (Å²) in [5, 5.41) is 0. The Labute approximate surface area is 166 Å². The van der Waals surface area contributed by atoms with Crippen LogP contribution in [0.15, 0.2) is 53.3 Å². The van der Waals surface area contributed by atoms with Crippen molar-refractivity contribution < 1.29 is 4.79 Å². The highest BCUT2D eigenvalue weighted by Crippen LogP contribution is 2.32. The van der Waals surface area contributed by atoms with Crippen molar-refractivity contribution in [1.82, 2.24) is 24.8 Å². The lowest BCUT2D eigenvalue weighted by atomic mass is 10.1. The molecule has 0 bridgehead atoms. The number of para-hydroxylation sites is 4. The van der Waals surface area contributed by atoms with Gasteiger partial charge in [0.15, 0.2) is 0 Å². The lowest BCUT2D eigenvalue weighted by Crippen LogP contribution is -2.31. The Kier molecular flexibility index (Phi) is 4.35. The molecule has 0 saturated carbocycles. The van der Waals surface area contributed by atoms with Crippen molar-refractivity contribution in [3.63, 3.8) is 0 Å². The number of fused-ring (bicyclic) bond motifs is 2. The van der Waals surface area contributed by atoms with E-state index in [2.05, 4.69) is 19.9 Å². The van der Waals surface area contributed by atoms with Crippen LogP contribution < -0.4 is 5.56 Å². The molecule has 4 aromatic rings. The van der Waals surface area contributed by atoms with Gasteiger partial charge in [0.1, 0.15) is 11.5 Å². The van der Waals surface area contributed by atoms with E-state index in [1.165, 1.54) is 0 Å². The molecule has 1 amide bonds. The highest BCUT2D eigenvalue weighted by molar-refractivity contribution is 5.78. The van der Waals surface area contributed by atoms with Gasteiger partial charge in [-0.2, -0.15) is 0 Å². The predicted molar refractivity (Wildman–Crippen MR) is 110 cm³/mol. The van der Waals surface area contributed by atoms with E-state index in [0.29, 0.717) is 24.2 Å². The molecule has 2 N–H and O–H groups in total. The standard InChI is InChI=1S/C22H21N5O2/c28-20(12-11-18-22(29)26-17-9-4-1-6-14(17)23-18)27-13-5-10-19(27)21-24-15-7-2-3-8-16(15)25-21/h1-4,6-9,19H,5,10-13H2,(H,24,25)(H,26,29). The Morgan fingerprint density at radius 2 is 1.69 bits per heavy atom. The molecule has 0 radical (unpaired) electrons. The second-order valence-corrected chi connectivity index (χ2v) is 7.41. The molecule has 1 fully saturated rings. The van der Waals surface area contributed by atoms with E-state index in [4.69, 9.17) is 0 Å². The lowest BCUT2D eigenvalue weighted by molar-refractivity contribution is -0.132. The second kappa shape index (κ2) is 7.16. The minimum absolute atomic E-state index is 0.0299. The first-order valence-electron chi connectivity index (χ1n) is 9.91. The van der Waals surface area contributed by atoms with Crippen molar-refractivity contribution >= 4 is 28.0 Å². The summed E-state index contributed by atoms with van der Waals surface area (Å²) in [6, 6.07) is 15.3. The van der Waals surface area contributed by atoms with Crippen molar-refractivity contribution in [3.05, 3.63) is 70.4 Å². The summed E-state index contributed by atoms with van der Waals surface area (Å²) >= 11 is 0. The Morgan fingerprint density at radius 3 is 2.45 bits per heavy atom. The zero-order chi connectivity index (χ0) is 19.8. The summed E-state index contributed by atoms with van der Waals surface area (Å²) in [5.41, 5.74) is 3.50. The number of likely N-dealkylation sites (tertiary alicyclic amines) is 1. The van der Waals surface area contributed by atoms with E-state index in [9.17, 15) is 9.59 Å². The summed E-state index contributed by atoms with van der Waals surface area (Å²) in [4.78, 5) is 42.4. The summed E-state index contributed by atoms with van der Waals surface area (Å²) in [6.45, 7) is 0.710. The van der Waals surface area contributed by atoms with Gasteiger partial charge in [0.25, 0.3) is 5.56 Å². The van der Waals surface area contributed by atoms with E-state index in [0.717, 1.165) is 35.2 Å². The van der Waals surface area contributed by atoms with E-state index >= 15 is 0 Å². The number of aromatic amines is 2. The van der Waals surface area contributed by atoms with Crippen molar-refractivity contribution in [2.24, 2.45) is 0 Å². The van der Waals surface area contributed by atoms with Crippen LogP contribution in [0.3, 0.4) is 0 Å². The number of amides is 1. The minimum atomic E-state index is -0.230. The van der Waals surface area contributed by atoms with Crippen LogP contribution in [0.4, 0.5) is 0 Å². The van der Waals surface area contributed by atoms with Crippen molar-refractivity contribution in [1.29, 1.82) is 0 Å². The van der Waals surface area contributed by atoms with Crippen molar-refractivity contribution in [2.75, 3.05) is 6.54 Å². The molecule has 146 valence electrons. The van der Waals surface area contributed by atoms with Gasteiger partial charge in [-0.1, -0.05) is 24.3 Å². The largest absolute Gasteiger partial charge is 0.340 e. The average Bonchev–Trinajstić information content (AvgIpc) is 3.38. The molecule has 2 aromatic heterocycles. The number of aryl methyl sites for hydroxylation is 1. The lowest BCUT2D eigenvalue weighted by Gasteiger charge is -2.23. The van der Waals surface area contributed by atoms with Crippen LogP contribution in [0.1, 0.15) is 36.8 Å². The van der Waals surface area contributed by atoms with E-state index in [-0.39, 0.29) is 23.9 Å². The number of nitrogens with zero attached hydrogens (tertiary/aromatic N) is 3. The minimum Gasteiger partial charge on any atom is -0.340 e. The Morgan fingerprint density at radius 1 is 1.00 bits per heavy atom. The molecular formula is C22H21N5O2. The van der Waals surface area contributed by atoms with Gasteiger partial charge in [0, 0.05) is 19.4 Å². The smallest absolute Gasteiger partial charge is 0.270 e. The van der Waals surface area contributed by atoms with Crippen LogP contribution in [-0.2, 0) is 11.2 Å². The van der Waals surface area contributed by atoms with Crippen LogP contribution in [0.25, 0.3) is 22.1 Å². The molecule has 7 heteroatoms. The number of aromatic nitrogens is 4. The first-order chi connectivity index (χ1) is 14.2. The van der Waals surface area contributed by atoms with E-state index in [1.807, 2.05) is 53.4 Å². The van der Waals surface area contributed by atoms with Gasteiger partial charge in [-0.3, -0.25) is 9.59 Å². The highest BCUT2D eigenvalue weighted by Gasteiger charge is 2.31. The molecule has 1 saturated heterocycles. The Bertz CT molecular complexity index is 1230. The second-order valence-electron chi connectivity index (χ2n) is 7.41. The van der Waals surface area contributed by atoms with Crippen LogP contribution in [0.2, 0.25) is 0 Å². The van der Waals surface area contributed by atoms with Gasteiger partial charge < -0.3 is 14.9 Å². The molecule has 1 atom stereocenters. The summed E-state index contributed by atoms with van der Waals surface area (Å²) < 4.78 is 0. The first kappa shape index (κ1) is 17.6. The number of rotatable bonds is 4. The quantitative estimate of drug-likeness (QED) is 0.563. The van der Waals surface area contributed by atoms with Crippen molar-refractivity contribution in [3.8, 4) is 0 Å². The first-order valence-corrected chi connectivity index (χ1v) is 9.91. The normalized spacial score (nSPS) is 16.7. The average molecular weight is 387 g/mol. The van der Waals surface area contributed by atoms with Gasteiger partial charge >= 0.3 is 0 Å². The van der Waals surface area contributed by atoms with Crippen LogP contribution in [0, 0.1) is 0 Å². The van der Waals surface area contributed by atoms with Crippen LogP contribution in [0.5, 0.6) is 0 Å². The monoisotopic (exact) mass is 387 g/mol. The van der Waals surface area contributed by atoms with Gasteiger partial charge in [0.2, 0.25) is 5.91 Å². The highest BCUT2D eigenvalue weighted by atomic mass is 16.2. The number of H-pyrrole nitrogens is 2. The molecule has 0 aliphatic carbocycles. The number of carbonyl (C=O) groups excluding carboxylic acids is 1. The number of carbonyl (C=O) groups is 1. The van der Waals surface area contributed by atoms with Crippen molar-refractivity contribution in [2.45, 2.75) is 31.7 Å². The third-order valence-electron chi connectivity index (χ3n) is 5.54. The summed E-state index contributed by atoms with van der Waals surface area (Å²) in [6.07, 6.45) is 2.41. The van der Waals surface area contributed by atoms with Gasteiger partial charge in [0.05, 0.1) is 28.1 Å². The predicted octanol–water partition coefficient (Wildman–Crippen LogP) is 3.10. The summed E-state index contributed by atoms with van der Waals surface area (Å²) in [5.74, 6) is 0.862. The Hall–Kier alpha value is -3.48. The van der Waals surface area contributed by atoms with E-state index < -0.39 is 0 Å². The van der Waals surface area contributed by atoms with Gasteiger partial charge in [-0.15, -0.1) is 0 Å². The maximum absolute atomic E-state index is 12.9. The SMILES string of the molecule is O=C(CCc1nc2ccccc2[nH]c1=O)N1CCCC1c1nc2ccccc2[nH]1. The number of nitrogens with one attached hydrogen (secondary N) is 2. The number of hydrogen-bond donors (Lipinski definition) is 2. The van der Waals surface area contributed by atoms with Crippen LogP contribution in [-0.4, -0.2) is 37.3 Å². The molecule has 1 aliphatic rings. The topological polar surface area (TPSA) is 94.7 Å². The maximum atomic E-state index is 12.9. The molecule has 3 heterocycles. The fraction of sp³-hybridized carbons (Fsp3) is 0.273. The van der Waals surface area contributed by atoms with Gasteiger partial charge in [-0.25, -0.2) is 9.97 Å². The number of hydrogen-bond acceptors (Lipinski definition) is 4. The van der Waals surface area contributed by atoms with E-state index in [1.54, 1.807) is 0 Å². The zero-order valence-electron chi connectivity index (χ0n) is 15.9. The third kappa shape index (κ3) is 3.29. The molecule has 1 aliphatic heterocycles. The number of benzene rings is 2. The summed E-state index contributed by atoms with van der Waals surface area (Å²) in [7, 11) is 0. The molecule has 0 spiro atoms.